The molecule has 0 fully saturated rings. The maximum atomic E-state index is 6.20. The van der Waals surface area contributed by atoms with Crippen LogP contribution in [0.5, 0.6) is 11.5 Å². The Labute approximate surface area is 155 Å². The highest BCUT2D eigenvalue weighted by Crippen LogP contribution is 2.32. The summed E-state index contributed by atoms with van der Waals surface area (Å²) in [4.78, 5) is 4.40. The number of ether oxygens (including phenoxy) is 2. The molecular formula is C19H15Cl2NO3. The van der Waals surface area contributed by atoms with Crippen LogP contribution in [0.25, 0.3) is 11.3 Å². The second-order valence-electron chi connectivity index (χ2n) is 5.12. The predicted molar refractivity (Wildman–Crippen MR) is 101 cm³/mol. The van der Waals surface area contributed by atoms with E-state index in [0.29, 0.717) is 33.1 Å². The van der Waals surface area contributed by atoms with Crippen molar-refractivity contribution in [3.63, 3.8) is 0 Å². The van der Waals surface area contributed by atoms with Gasteiger partial charge in [-0.2, -0.15) is 0 Å². The zero-order chi connectivity index (χ0) is 17.8. The summed E-state index contributed by atoms with van der Waals surface area (Å²) in [5, 5.41) is 1.11. The molecule has 0 bridgehead atoms. The Hall–Kier alpha value is -2.43. The summed E-state index contributed by atoms with van der Waals surface area (Å²) in [5.41, 5.74) is 1.50. The molecule has 0 saturated carbocycles. The van der Waals surface area contributed by atoms with Crippen LogP contribution in [0.2, 0.25) is 10.0 Å². The number of aliphatic imine (C=N–C) groups is 1. The number of hydrogen-bond donors (Lipinski definition) is 0. The first-order valence-corrected chi connectivity index (χ1v) is 8.17. The normalized spacial score (nSPS) is 11.0. The molecule has 128 valence electrons. The van der Waals surface area contributed by atoms with Crippen molar-refractivity contribution in [2.24, 2.45) is 4.99 Å². The van der Waals surface area contributed by atoms with Gasteiger partial charge in [0.15, 0.2) is 11.5 Å². The molecule has 2 aromatic carbocycles. The molecule has 0 N–H and O–H groups in total. The van der Waals surface area contributed by atoms with Crippen LogP contribution in [0.3, 0.4) is 0 Å². The van der Waals surface area contributed by atoms with Crippen LogP contribution >= 0.6 is 23.2 Å². The van der Waals surface area contributed by atoms with Gasteiger partial charge in [0.2, 0.25) is 0 Å². The van der Waals surface area contributed by atoms with Crippen LogP contribution in [-0.4, -0.2) is 20.4 Å². The second kappa shape index (κ2) is 7.64. The van der Waals surface area contributed by atoms with Gasteiger partial charge < -0.3 is 13.9 Å². The second-order valence-corrected chi connectivity index (χ2v) is 5.97. The minimum Gasteiger partial charge on any atom is -0.493 e. The van der Waals surface area contributed by atoms with Crippen molar-refractivity contribution in [3.05, 3.63) is 64.3 Å². The molecular weight excluding hydrogens is 361 g/mol. The third kappa shape index (κ3) is 3.98. The average molecular weight is 376 g/mol. The van der Waals surface area contributed by atoms with Crippen molar-refractivity contribution in [2.75, 3.05) is 14.2 Å². The molecule has 0 saturated heterocycles. The van der Waals surface area contributed by atoms with Crippen molar-refractivity contribution >= 4 is 35.1 Å². The quantitative estimate of drug-likeness (QED) is 0.512. The van der Waals surface area contributed by atoms with E-state index in [9.17, 15) is 0 Å². The van der Waals surface area contributed by atoms with Crippen LogP contribution in [0, 0.1) is 0 Å². The van der Waals surface area contributed by atoms with E-state index in [1.165, 1.54) is 0 Å². The molecule has 3 aromatic rings. The first-order chi connectivity index (χ1) is 12.1. The average Bonchev–Trinajstić information content (AvgIpc) is 3.08. The fraction of sp³-hybridized carbons (Fsp3) is 0.105. The smallest absolute Gasteiger partial charge is 0.162 e. The summed E-state index contributed by atoms with van der Waals surface area (Å²) in [7, 11) is 3.17. The zero-order valence-electron chi connectivity index (χ0n) is 13.6. The summed E-state index contributed by atoms with van der Waals surface area (Å²) in [6, 6.07) is 14.3. The first-order valence-electron chi connectivity index (χ1n) is 7.42. The molecule has 4 nitrogen and oxygen atoms in total. The van der Waals surface area contributed by atoms with E-state index in [1.807, 2.05) is 24.3 Å². The highest BCUT2D eigenvalue weighted by Gasteiger charge is 2.09. The van der Waals surface area contributed by atoms with Crippen LogP contribution in [0.15, 0.2) is 57.9 Å². The van der Waals surface area contributed by atoms with Gasteiger partial charge in [0.1, 0.15) is 11.5 Å². The van der Waals surface area contributed by atoms with Crippen molar-refractivity contribution in [2.45, 2.75) is 0 Å². The standard InChI is InChI=1S/C19H15Cl2NO3/c1-23-18-7-4-13(10-19(18)24-2)22-11-14-5-8-17(25-14)15-6-3-12(20)9-16(15)21/h3-11H,1-2H3. The molecule has 3 rings (SSSR count). The third-order valence-electron chi connectivity index (χ3n) is 3.53. The lowest BCUT2D eigenvalue weighted by Crippen LogP contribution is -1.89. The zero-order valence-corrected chi connectivity index (χ0v) is 15.1. The van der Waals surface area contributed by atoms with Gasteiger partial charge >= 0.3 is 0 Å². The minimum atomic E-state index is 0.533. The summed E-state index contributed by atoms with van der Waals surface area (Å²) < 4.78 is 16.3. The van der Waals surface area contributed by atoms with Gasteiger partial charge in [0.25, 0.3) is 0 Å². The molecule has 0 spiro atoms. The number of furan rings is 1. The van der Waals surface area contributed by atoms with E-state index >= 15 is 0 Å². The van der Waals surface area contributed by atoms with Gasteiger partial charge in [-0.25, -0.2) is 0 Å². The van der Waals surface area contributed by atoms with E-state index in [1.54, 1.807) is 44.7 Å². The van der Waals surface area contributed by atoms with Gasteiger partial charge in [-0.3, -0.25) is 4.99 Å². The van der Waals surface area contributed by atoms with E-state index in [0.717, 1.165) is 11.3 Å². The number of hydrogen-bond acceptors (Lipinski definition) is 4. The number of benzene rings is 2. The Balaban J connectivity index is 1.82. The minimum absolute atomic E-state index is 0.533. The Morgan fingerprint density at radius 3 is 2.44 bits per heavy atom. The van der Waals surface area contributed by atoms with E-state index < -0.39 is 0 Å². The lowest BCUT2D eigenvalue weighted by molar-refractivity contribution is 0.355. The van der Waals surface area contributed by atoms with Gasteiger partial charge in [0, 0.05) is 16.7 Å². The lowest BCUT2D eigenvalue weighted by atomic mass is 10.2. The maximum Gasteiger partial charge on any atom is 0.162 e. The number of rotatable bonds is 5. The van der Waals surface area contributed by atoms with Crippen molar-refractivity contribution < 1.29 is 13.9 Å². The van der Waals surface area contributed by atoms with E-state index in [2.05, 4.69) is 4.99 Å². The molecule has 0 aliphatic rings. The van der Waals surface area contributed by atoms with Crippen LogP contribution in [0.4, 0.5) is 5.69 Å². The van der Waals surface area contributed by atoms with Gasteiger partial charge in [-0.15, -0.1) is 0 Å². The van der Waals surface area contributed by atoms with Crippen LogP contribution in [-0.2, 0) is 0 Å². The molecule has 6 heteroatoms. The van der Waals surface area contributed by atoms with Crippen LogP contribution < -0.4 is 9.47 Å². The van der Waals surface area contributed by atoms with Gasteiger partial charge in [-0.05, 0) is 42.5 Å². The van der Waals surface area contributed by atoms with Crippen LogP contribution in [0.1, 0.15) is 5.76 Å². The molecule has 0 radical (unpaired) electrons. The summed E-state index contributed by atoms with van der Waals surface area (Å²) in [5.74, 6) is 2.52. The molecule has 1 aromatic heterocycles. The molecule has 0 aliphatic heterocycles. The Bertz CT molecular complexity index is 919. The summed E-state index contributed by atoms with van der Waals surface area (Å²) in [6.45, 7) is 0. The molecule has 1 heterocycles. The van der Waals surface area contributed by atoms with Crippen molar-refractivity contribution in [1.82, 2.24) is 0 Å². The molecule has 25 heavy (non-hydrogen) atoms. The number of methoxy groups -OCH3 is 2. The molecule has 0 aliphatic carbocycles. The number of nitrogens with zero attached hydrogens (tertiary/aromatic N) is 1. The fourth-order valence-electron chi connectivity index (χ4n) is 2.30. The van der Waals surface area contributed by atoms with Crippen molar-refractivity contribution in [3.8, 4) is 22.8 Å². The molecule has 0 atom stereocenters. The highest BCUT2D eigenvalue weighted by atomic mass is 35.5. The van der Waals surface area contributed by atoms with Gasteiger partial charge in [0.05, 0.1) is 31.1 Å². The predicted octanol–water partition coefficient (Wildman–Crippen LogP) is 6.02. The monoisotopic (exact) mass is 375 g/mol. The van der Waals surface area contributed by atoms with Gasteiger partial charge in [-0.1, -0.05) is 23.2 Å². The summed E-state index contributed by atoms with van der Waals surface area (Å²) >= 11 is 12.1. The highest BCUT2D eigenvalue weighted by molar-refractivity contribution is 6.36. The summed E-state index contributed by atoms with van der Waals surface area (Å²) in [6.07, 6.45) is 1.63. The van der Waals surface area contributed by atoms with E-state index in [4.69, 9.17) is 37.1 Å². The SMILES string of the molecule is COc1ccc(N=Cc2ccc(-c3ccc(Cl)cc3Cl)o2)cc1OC. The number of halogens is 2. The first kappa shape index (κ1) is 17.4. The third-order valence-corrected chi connectivity index (χ3v) is 4.08. The fourth-order valence-corrected chi connectivity index (χ4v) is 2.80. The largest absolute Gasteiger partial charge is 0.493 e. The molecule has 0 amide bonds. The Kier molecular flexibility index (Phi) is 5.31. The Morgan fingerprint density at radius 1 is 0.920 bits per heavy atom. The topological polar surface area (TPSA) is 44.0 Å². The lowest BCUT2D eigenvalue weighted by Gasteiger charge is -2.07. The maximum absolute atomic E-state index is 6.20. The van der Waals surface area contributed by atoms with Crippen molar-refractivity contribution in [1.29, 1.82) is 0 Å². The Morgan fingerprint density at radius 2 is 1.72 bits per heavy atom. The molecule has 0 unspecified atom stereocenters. The van der Waals surface area contributed by atoms with E-state index in [-0.39, 0.29) is 0 Å².